The minimum absolute atomic E-state index is 0. The SMILES string of the molecule is CCOC(=O)C(=O)C1[C@@H]2C[C@]2(c2cc(F)cc(F)c2)CN1C(=O)OC(C)(C)C.CCOC(=O)C(O)(O)C1NC[C@@]2(c3cc(F)cc(F)c3)C[C@@H]12.Cl.Cl. The van der Waals surface area contributed by atoms with E-state index in [0.29, 0.717) is 30.5 Å². The van der Waals surface area contributed by atoms with Gasteiger partial charge in [0.2, 0.25) is 0 Å². The Morgan fingerprint density at radius 3 is 1.75 bits per heavy atom. The second kappa shape index (κ2) is 15.5. The molecule has 4 fully saturated rings. The van der Waals surface area contributed by atoms with E-state index in [2.05, 4.69) is 10.1 Å². The number of ether oxygens (including phenoxy) is 3. The lowest BCUT2D eigenvalue weighted by atomic mass is 9.92. The molecular weight excluding hydrogens is 739 g/mol. The maximum atomic E-state index is 13.7. The van der Waals surface area contributed by atoms with Gasteiger partial charge in [-0.2, -0.15) is 0 Å². The van der Waals surface area contributed by atoms with E-state index in [9.17, 15) is 47.0 Å². The van der Waals surface area contributed by atoms with Crippen LogP contribution in [0.3, 0.4) is 0 Å². The third-order valence-electron chi connectivity index (χ3n) is 9.73. The minimum Gasteiger partial charge on any atom is -0.462 e. The molecule has 2 saturated heterocycles. The molecule has 2 aromatic carbocycles. The quantitative estimate of drug-likeness (QED) is 0.117. The van der Waals surface area contributed by atoms with Crippen LogP contribution in [0.2, 0.25) is 0 Å². The minimum atomic E-state index is -2.66. The van der Waals surface area contributed by atoms with Crippen molar-refractivity contribution in [3.8, 4) is 0 Å². The molecule has 0 radical (unpaired) electrons. The molecule has 1 amide bonds. The summed E-state index contributed by atoms with van der Waals surface area (Å²) in [6.45, 7) is 8.58. The van der Waals surface area contributed by atoms with Crippen LogP contribution in [0, 0.1) is 35.1 Å². The molecule has 2 aromatic rings. The zero-order valence-corrected chi connectivity index (χ0v) is 30.7. The molecule has 6 atom stereocenters. The first-order chi connectivity index (χ1) is 23.3. The summed E-state index contributed by atoms with van der Waals surface area (Å²) in [4.78, 5) is 50.3. The van der Waals surface area contributed by atoms with Gasteiger partial charge in [0.05, 0.1) is 19.3 Å². The molecule has 2 aliphatic carbocycles. The Balaban J connectivity index is 0.000000277. The number of benzene rings is 2. The molecular formula is C35H42Cl2F4N2O9. The van der Waals surface area contributed by atoms with E-state index in [1.807, 2.05) is 0 Å². The molecule has 0 spiro atoms. The topological polar surface area (TPSA) is 152 Å². The van der Waals surface area contributed by atoms with Crippen molar-refractivity contribution < 1.29 is 61.2 Å². The van der Waals surface area contributed by atoms with Crippen molar-refractivity contribution in [2.24, 2.45) is 11.8 Å². The van der Waals surface area contributed by atoms with E-state index in [0.717, 1.165) is 12.1 Å². The van der Waals surface area contributed by atoms with Gasteiger partial charge in [-0.15, -0.1) is 24.8 Å². The zero-order valence-electron chi connectivity index (χ0n) is 29.0. The fraction of sp³-hybridized carbons (Fsp3) is 0.543. The fourth-order valence-corrected chi connectivity index (χ4v) is 7.43. The number of piperidine rings is 2. The predicted octanol–water partition coefficient (Wildman–Crippen LogP) is 4.26. The number of nitrogens with one attached hydrogen (secondary N) is 1. The lowest BCUT2D eigenvalue weighted by Gasteiger charge is -2.29. The standard InChI is InChI=1S/C20H23F2NO5.C15H17F2NO4.2ClH/c1-5-27-17(25)16(24)15-14-9-20(14,11-6-12(21)8-13(22)7-11)10-23(15)18(26)28-19(2,3)4;1-2-22-13(19)15(20,21)12-11-6-14(11,7-18-12)8-3-9(16)5-10(17)4-8;;/h6-8,14-15H,5,9-10H2,1-4H3;3-5,11-12,18,20-21H,2,6-7H2,1H3;2*1H/t14-,15?,20+;11-,12?,14+;;/m00../s1. The molecule has 11 nitrogen and oxygen atoms in total. The monoisotopic (exact) mass is 780 g/mol. The molecule has 4 aliphatic rings. The maximum Gasteiger partial charge on any atom is 0.410 e. The molecule has 52 heavy (non-hydrogen) atoms. The number of nitrogens with zero attached hydrogens (tertiary/aromatic N) is 1. The number of fused-ring (bicyclic) bond motifs is 2. The summed E-state index contributed by atoms with van der Waals surface area (Å²) in [5.74, 6) is -9.23. The van der Waals surface area contributed by atoms with Crippen LogP contribution in [0.25, 0.3) is 0 Å². The number of hydrogen-bond acceptors (Lipinski definition) is 10. The van der Waals surface area contributed by atoms with Gasteiger partial charge in [0.1, 0.15) is 34.9 Å². The van der Waals surface area contributed by atoms with E-state index in [4.69, 9.17) is 9.47 Å². The first kappa shape index (κ1) is 42.9. The summed E-state index contributed by atoms with van der Waals surface area (Å²) >= 11 is 0. The molecule has 2 saturated carbocycles. The largest absolute Gasteiger partial charge is 0.462 e. The number of likely N-dealkylation sites (tertiary alicyclic amines) is 1. The number of hydrogen-bond donors (Lipinski definition) is 3. The highest BCUT2D eigenvalue weighted by atomic mass is 35.5. The van der Waals surface area contributed by atoms with Gasteiger partial charge in [-0.3, -0.25) is 9.69 Å². The average Bonchev–Trinajstić information content (AvgIpc) is 3.84. The van der Waals surface area contributed by atoms with Crippen LogP contribution in [0.1, 0.15) is 58.6 Å². The van der Waals surface area contributed by atoms with Crippen molar-refractivity contribution in [1.82, 2.24) is 10.2 Å². The highest BCUT2D eigenvalue weighted by Crippen LogP contribution is 2.63. The van der Waals surface area contributed by atoms with Gasteiger partial charge < -0.3 is 29.7 Å². The van der Waals surface area contributed by atoms with Gasteiger partial charge >= 0.3 is 18.0 Å². The second-order valence-corrected chi connectivity index (χ2v) is 14.2. The first-order valence-electron chi connectivity index (χ1n) is 16.3. The van der Waals surface area contributed by atoms with E-state index >= 15 is 0 Å². The van der Waals surface area contributed by atoms with Crippen molar-refractivity contribution in [3.05, 3.63) is 70.8 Å². The van der Waals surface area contributed by atoms with Gasteiger partial charge in [-0.1, -0.05) is 0 Å². The number of Topliss-reactive ketones (excluding diaryl/α,β-unsaturated/α-hetero) is 1. The summed E-state index contributed by atoms with van der Waals surface area (Å²) < 4.78 is 69.1. The van der Waals surface area contributed by atoms with Crippen molar-refractivity contribution in [3.63, 3.8) is 0 Å². The van der Waals surface area contributed by atoms with E-state index in [1.54, 1.807) is 34.6 Å². The first-order valence-corrected chi connectivity index (χ1v) is 16.3. The molecule has 0 aromatic heterocycles. The number of carbonyl (C=O) groups is 4. The van der Waals surface area contributed by atoms with Crippen LogP contribution in [0.4, 0.5) is 22.4 Å². The Morgan fingerprint density at radius 2 is 1.29 bits per heavy atom. The summed E-state index contributed by atoms with van der Waals surface area (Å²) in [6.07, 6.45) is 0.208. The molecule has 288 valence electrons. The van der Waals surface area contributed by atoms with Crippen LogP contribution in [-0.4, -0.2) is 88.7 Å². The van der Waals surface area contributed by atoms with Crippen LogP contribution < -0.4 is 5.32 Å². The van der Waals surface area contributed by atoms with Gasteiger partial charge in [0.15, 0.2) is 0 Å². The lowest BCUT2D eigenvalue weighted by Crippen LogP contribution is -2.56. The predicted molar refractivity (Wildman–Crippen MR) is 181 cm³/mol. The molecule has 3 N–H and O–H groups in total. The summed E-state index contributed by atoms with van der Waals surface area (Å²) in [7, 11) is 0. The van der Waals surface area contributed by atoms with Gasteiger partial charge in [-0.05, 0) is 94.7 Å². The smallest absolute Gasteiger partial charge is 0.410 e. The maximum absolute atomic E-state index is 13.7. The number of aliphatic hydroxyl groups is 2. The summed E-state index contributed by atoms with van der Waals surface area (Å²) in [6, 6.07) is 4.43. The molecule has 6 rings (SSSR count). The van der Waals surface area contributed by atoms with Crippen LogP contribution >= 0.6 is 24.8 Å². The number of rotatable bonds is 8. The van der Waals surface area contributed by atoms with Gasteiger partial charge in [0, 0.05) is 36.1 Å². The van der Waals surface area contributed by atoms with Crippen LogP contribution in [-0.2, 0) is 39.4 Å². The number of carbonyl (C=O) groups excluding carboxylic acids is 4. The van der Waals surface area contributed by atoms with Crippen molar-refractivity contribution in [2.45, 2.75) is 81.8 Å². The molecule has 2 aliphatic heterocycles. The Kier molecular flexibility index (Phi) is 12.8. The third kappa shape index (κ3) is 8.18. The molecule has 17 heteroatoms. The fourth-order valence-electron chi connectivity index (χ4n) is 7.43. The van der Waals surface area contributed by atoms with Crippen molar-refractivity contribution in [2.75, 3.05) is 26.3 Å². The van der Waals surface area contributed by atoms with E-state index in [-0.39, 0.29) is 50.5 Å². The Bertz CT molecular complexity index is 1670. The lowest BCUT2D eigenvalue weighted by molar-refractivity contribution is -0.219. The zero-order chi connectivity index (χ0) is 37.0. The average molecular weight is 782 g/mol. The van der Waals surface area contributed by atoms with Crippen molar-refractivity contribution >= 4 is 48.6 Å². The van der Waals surface area contributed by atoms with Gasteiger partial charge in [0.25, 0.3) is 11.6 Å². The number of ketones is 1. The Labute approximate surface area is 310 Å². The summed E-state index contributed by atoms with van der Waals surface area (Å²) in [5.41, 5.74) is -1.34. The normalized spacial score (nSPS) is 26.6. The molecule has 0 bridgehead atoms. The number of esters is 2. The third-order valence-corrected chi connectivity index (χ3v) is 9.73. The molecule has 2 heterocycles. The number of amides is 1. The van der Waals surface area contributed by atoms with Gasteiger partial charge in [-0.25, -0.2) is 31.9 Å². The highest BCUT2D eigenvalue weighted by molar-refractivity contribution is 6.36. The highest BCUT2D eigenvalue weighted by Gasteiger charge is 2.70. The van der Waals surface area contributed by atoms with Crippen LogP contribution in [0.5, 0.6) is 0 Å². The van der Waals surface area contributed by atoms with Crippen LogP contribution in [0.15, 0.2) is 36.4 Å². The number of halogens is 6. The molecule has 2 unspecified atom stereocenters. The van der Waals surface area contributed by atoms with E-state index in [1.165, 1.54) is 29.2 Å². The van der Waals surface area contributed by atoms with Crippen molar-refractivity contribution in [1.29, 1.82) is 0 Å². The summed E-state index contributed by atoms with van der Waals surface area (Å²) in [5, 5.41) is 23.0. The second-order valence-electron chi connectivity index (χ2n) is 14.2. The van der Waals surface area contributed by atoms with E-state index < -0.39 is 87.3 Å². The Morgan fingerprint density at radius 1 is 0.808 bits per heavy atom. The Hall–Kier alpha value is -3.50.